The first-order valence-corrected chi connectivity index (χ1v) is 11.5. The van der Waals surface area contributed by atoms with E-state index >= 15 is 0 Å². The highest BCUT2D eigenvalue weighted by atomic mass is 19.4. The van der Waals surface area contributed by atoms with E-state index in [2.05, 4.69) is 11.6 Å². The van der Waals surface area contributed by atoms with E-state index in [-0.39, 0.29) is 6.04 Å². The van der Waals surface area contributed by atoms with Gasteiger partial charge in [-0.1, -0.05) is 36.4 Å². The molecule has 2 bridgehead atoms. The van der Waals surface area contributed by atoms with Crippen molar-refractivity contribution in [2.24, 2.45) is 11.8 Å². The third-order valence-corrected chi connectivity index (χ3v) is 7.82. The number of quaternary nitrogens is 1. The van der Waals surface area contributed by atoms with Crippen LogP contribution in [0.25, 0.3) is 10.9 Å². The Bertz CT molecular complexity index is 1150. The number of hydrogen-bond donors (Lipinski definition) is 1. The molecule has 3 aliphatic heterocycles. The van der Waals surface area contributed by atoms with Crippen LogP contribution in [0.4, 0.5) is 13.2 Å². The van der Waals surface area contributed by atoms with Crippen molar-refractivity contribution >= 4 is 10.9 Å². The number of para-hydroxylation sites is 1. The minimum atomic E-state index is -4.34. The van der Waals surface area contributed by atoms with Crippen molar-refractivity contribution < 1.29 is 22.8 Å². The highest BCUT2D eigenvalue weighted by Gasteiger charge is 2.54. The fourth-order valence-electron chi connectivity index (χ4n) is 6.13. The summed E-state index contributed by atoms with van der Waals surface area (Å²) >= 11 is 0. The van der Waals surface area contributed by atoms with E-state index in [1.54, 1.807) is 18.3 Å². The molecule has 6 heteroatoms. The van der Waals surface area contributed by atoms with Gasteiger partial charge in [-0.05, 0) is 35.7 Å². The van der Waals surface area contributed by atoms with Gasteiger partial charge in [0.05, 0.1) is 24.2 Å². The lowest BCUT2D eigenvalue weighted by molar-refractivity contribution is -0.984. The zero-order valence-corrected chi connectivity index (χ0v) is 18.4. The summed E-state index contributed by atoms with van der Waals surface area (Å²) < 4.78 is 39.8. The number of aliphatic hydroxyl groups excluding tert-OH is 1. The van der Waals surface area contributed by atoms with Gasteiger partial charge in [0.1, 0.15) is 18.7 Å². The van der Waals surface area contributed by atoms with Crippen molar-refractivity contribution in [1.29, 1.82) is 0 Å². The molecule has 3 fully saturated rings. The number of halogens is 3. The molecule has 0 aliphatic carbocycles. The number of aliphatic hydroxyl groups is 1. The highest BCUT2D eigenvalue weighted by Crippen LogP contribution is 2.48. The minimum absolute atomic E-state index is 0.0342. The molecule has 3 nitrogen and oxygen atoms in total. The number of fused-ring (bicyclic) bond motifs is 4. The maximum absolute atomic E-state index is 13.1. The molecular formula is C27H28F3N2O+. The molecule has 1 N–H and O–H groups in total. The summed E-state index contributed by atoms with van der Waals surface area (Å²) in [5, 5.41) is 12.6. The van der Waals surface area contributed by atoms with Gasteiger partial charge in [0.25, 0.3) is 0 Å². The Morgan fingerprint density at radius 2 is 1.88 bits per heavy atom. The van der Waals surface area contributed by atoms with Crippen LogP contribution in [0.1, 0.15) is 35.6 Å². The minimum Gasteiger partial charge on any atom is -0.382 e. The van der Waals surface area contributed by atoms with Crippen molar-refractivity contribution in [3.05, 3.63) is 90.1 Å². The van der Waals surface area contributed by atoms with Crippen molar-refractivity contribution in [2.75, 3.05) is 13.1 Å². The molecular weight excluding hydrogens is 425 g/mol. The fraction of sp³-hybridized carbons (Fsp3) is 0.370. The molecule has 0 unspecified atom stereocenters. The van der Waals surface area contributed by atoms with Crippen molar-refractivity contribution in [1.82, 2.24) is 4.98 Å². The van der Waals surface area contributed by atoms with Crippen LogP contribution in [0.5, 0.6) is 0 Å². The molecule has 3 aromatic rings. The second-order valence-electron chi connectivity index (χ2n) is 9.59. The molecule has 2 aromatic carbocycles. The number of benzene rings is 2. The summed E-state index contributed by atoms with van der Waals surface area (Å²) in [5.41, 5.74) is 1.96. The first kappa shape index (κ1) is 22.1. The molecule has 172 valence electrons. The molecule has 4 heterocycles. The van der Waals surface area contributed by atoms with Crippen LogP contribution >= 0.6 is 0 Å². The molecule has 1 aromatic heterocycles. The summed E-state index contributed by atoms with van der Waals surface area (Å²) in [5.74, 6) is 0.827. The van der Waals surface area contributed by atoms with E-state index in [4.69, 9.17) is 0 Å². The average Bonchev–Trinajstić information content (AvgIpc) is 2.83. The second-order valence-corrected chi connectivity index (χ2v) is 9.59. The molecule has 33 heavy (non-hydrogen) atoms. The molecule has 3 saturated heterocycles. The van der Waals surface area contributed by atoms with Gasteiger partial charge in [-0.25, -0.2) is 0 Å². The average molecular weight is 454 g/mol. The Kier molecular flexibility index (Phi) is 5.53. The molecule has 0 amide bonds. The maximum Gasteiger partial charge on any atom is 0.416 e. The largest absolute Gasteiger partial charge is 0.416 e. The summed E-state index contributed by atoms with van der Waals surface area (Å²) in [6, 6.07) is 15.2. The number of alkyl halides is 3. The summed E-state index contributed by atoms with van der Waals surface area (Å²) in [7, 11) is 0. The van der Waals surface area contributed by atoms with Crippen LogP contribution in [-0.4, -0.2) is 33.7 Å². The molecule has 3 aliphatic rings. The quantitative estimate of drug-likeness (QED) is 0.386. The third-order valence-electron chi connectivity index (χ3n) is 7.82. The van der Waals surface area contributed by atoms with E-state index in [9.17, 15) is 18.3 Å². The number of hydrogen-bond acceptors (Lipinski definition) is 2. The lowest BCUT2D eigenvalue weighted by Crippen LogP contribution is -2.67. The van der Waals surface area contributed by atoms with E-state index in [0.29, 0.717) is 22.9 Å². The third kappa shape index (κ3) is 3.96. The number of nitrogens with zero attached hydrogens (tertiary/aromatic N) is 2. The highest BCUT2D eigenvalue weighted by molar-refractivity contribution is 5.82. The van der Waals surface area contributed by atoms with Gasteiger partial charge >= 0.3 is 6.18 Å². The van der Waals surface area contributed by atoms with Crippen LogP contribution < -0.4 is 0 Å². The predicted octanol–water partition coefficient (Wildman–Crippen LogP) is 5.90. The zero-order valence-electron chi connectivity index (χ0n) is 18.4. The maximum atomic E-state index is 13.1. The van der Waals surface area contributed by atoms with Gasteiger partial charge in [-0.15, -0.1) is 6.58 Å². The van der Waals surface area contributed by atoms with Crippen LogP contribution in [0, 0.1) is 11.8 Å². The van der Waals surface area contributed by atoms with Gasteiger partial charge in [-0.2, -0.15) is 13.2 Å². The van der Waals surface area contributed by atoms with E-state index in [1.165, 1.54) is 0 Å². The number of rotatable bonds is 5. The van der Waals surface area contributed by atoms with Gasteiger partial charge in [0.15, 0.2) is 0 Å². The topological polar surface area (TPSA) is 33.1 Å². The SMILES string of the molecule is C=C[C@@H]1C[N@+]2(Cc3ccc(C(F)(F)F)cc3)CC[C@H]1C[C@@H]2[C@H](O)c1ccnc2ccccc12. The molecule has 5 atom stereocenters. The normalized spacial score (nSPS) is 28.1. The van der Waals surface area contributed by atoms with Crippen molar-refractivity contribution in [3.63, 3.8) is 0 Å². The number of aromatic nitrogens is 1. The monoisotopic (exact) mass is 453 g/mol. The van der Waals surface area contributed by atoms with E-state index < -0.39 is 17.8 Å². The number of pyridine rings is 1. The summed E-state index contributed by atoms with van der Waals surface area (Å²) in [6.07, 6.45) is 0.648. The van der Waals surface area contributed by atoms with Crippen molar-refractivity contribution in [2.45, 2.75) is 37.7 Å². The van der Waals surface area contributed by atoms with Crippen LogP contribution in [0.3, 0.4) is 0 Å². The Balaban J connectivity index is 1.51. The molecule has 6 rings (SSSR count). The van der Waals surface area contributed by atoms with E-state index in [0.717, 1.165) is 60.1 Å². The second kappa shape index (κ2) is 8.26. The molecule has 0 spiro atoms. The zero-order chi connectivity index (χ0) is 23.2. The first-order chi connectivity index (χ1) is 15.8. The van der Waals surface area contributed by atoms with Gasteiger partial charge in [0.2, 0.25) is 0 Å². The summed E-state index contributed by atoms with van der Waals surface area (Å²) in [6.45, 7) is 6.39. The Hall–Kier alpha value is -2.70. The standard InChI is InChI=1S/C27H28F3N2O/c1-2-19-17-32(16-18-7-9-21(10-8-18)27(28,29)30)14-12-20(19)15-25(32)26(33)23-11-13-31-24-6-4-3-5-22(23)24/h2-11,13,19-20,25-26,33H,1,12,14-17H2/q+1/t19-,20+,25-,26-,32-/m1/s1. The smallest absolute Gasteiger partial charge is 0.382 e. The fourth-order valence-corrected chi connectivity index (χ4v) is 6.13. The van der Waals surface area contributed by atoms with Crippen LogP contribution in [0.15, 0.2) is 73.4 Å². The van der Waals surface area contributed by atoms with E-state index in [1.807, 2.05) is 36.4 Å². The van der Waals surface area contributed by atoms with Gasteiger partial charge in [0, 0.05) is 35.9 Å². The summed E-state index contributed by atoms with van der Waals surface area (Å²) in [4.78, 5) is 4.43. The Morgan fingerprint density at radius 3 is 2.61 bits per heavy atom. The lowest BCUT2D eigenvalue weighted by Gasteiger charge is -2.58. The van der Waals surface area contributed by atoms with Crippen molar-refractivity contribution in [3.8, 4) is 0 Å². The van der Waals surface area contributed by atoms with Gasteiger partial charge < -0.3 is 9.59 Å². The van der Waals surface area contributed by atoms with Crippen LogP contribution in [0.2, 0.25) is 0 Å². The Labute approximate surface area is 191 Å². The lowest BCUT2D eigenvalue weighted by atomic mass is 9.71. The first-order valence-electron chi connectivity index (χ1n) is 11.5. The van der Waals surface area contributed by atoms with Gasteiger partial charge in [-0.3, -0.25) is 4.98 Å². The Morgan fingerprint density at radius 1 is 1.12 bits per heavy atom. The molecule has 0 radical (unpaired) electrons. The predicted molar refractivity (Wildman–Crippen MR) is 122 cm³/mol. The van der Waals surface area contributed by atoms with Crippen LogP contribution in [-0.2, 0) is 12.7 Å². The number of piperidine rings is 3. The molecule has 0 saturated carbocycles.